The van der Waals surface area contributed by atoms with Gasteiger partial charge in [-0.05, 0) is 35.4 Å². The quantitative estimate of drug-likeness (QED) is 0.616. The maximum Gasteiger partial charge on any atom is 0.332 e. The van der Waals surface area contributed by atoms with E-state index in [1.807, 2.05) is 0 Å². The van der Waals surface area contributed by atoms with Crippen LogP contribution in [0, 0.1) is 11.6 Å². The molecule has 140 valence electrons. The van der Waals surface area contributed by atoms with Gasteiger partial charge in [-0.2, -0.15) is 0 Å². The number of aliphatic hydroxyl groups excluding tert-OH is 2. The first-order valence-corrected chi connectivity index (χ1v) is 7.49. The van der Waals surface area contributed by atoms with Gasteiger partial charge in [-0.3, -0.25) is 0 Å². The van der Waals surface area contributed by atoms with Gasteiger partial charge in [-0.25, -0.2) is 18.4 Å². The van der Waals surface area contributed by atoms with E-state index in [2.05, 4.69) is 0 Å². The lowest BCUT2D eigenvalue weighted by atomic mass is 10.1. The number of aliphatic hydroxyl groups is 2. The standard InChI is InChI=1S/2C9H9FO3/c2*10-7-3-1-2-6(4-7)5-8(11)9(12)13/h2*1-4,8,11H,5H2,(H,12,13). The fraction of sp³-hybridized carbons (Fsp3) is 0.222. The SMILES string of the molecule is O=C(O)C(O)Cc1cccc(F)c1.O=C(O)C(O)Cc1cccc(F)c1. The number of carbonyl (C=O) groups is 2. The molecule has 0 amide bonds. The van der Waals surface area contributed by atoms with Gasteiger partial charge in [-0.1, -0.05) is 24.3 Å². The summed E-state index contributed by atoms with van der Waals surface area (Å²) < 4.78 is 25.2. The van der Waals surface area contributed by atoms with Crippen LogP contribution in [0.2, 0.25) is 0 Å². The monoisotopic (exact) mass is 368 g/mol. The Labute approximate surface area is 148 Å². The summed E-state index contributed by atoms with van der Waals surface area (Å²) >= 11 is 0. The number of hydrogen-bond donors (Lipinski definition) is 4. The largest absolute Gasteiger partial charge is 0.479 e. The molecule has 0 heterocycles. The fourth-order valence-electron chi connectivity index (χ4n) is 1.95. The molecule has 0 aliphatic heterocycles. The van der Waals surface area contributed by atoms with Crippen LogP contribution in [0.1, 0.15) is 11.1 Å². The number of carboxylic acid groups (broad SMARTS) is 2. The van der Waals surface area contributed by atoms with Gasteiger partial charge in [0.15, 0.2) is 12.2 Å². The molecule has 2 aromatic rings. The van der Waals surface area contributed by atoms with Crippen molar-refractivity contribution in [2.45, 2.75) is 25.0 Å². The van der Waals surface area contributed by atoms with Gasteiger partial charge >= 0.3 is 11.9 Å². The molecule has 0 aliphatic rings. The van der Waals surface area contributed by atoms with E-state index in [4.69, 9.17) is 20.4 Å². The van der Waals surface area contributed by atoms with E-state index in [0.717, 1.165) is 0 Å². The first-order valence-electron chi connectivity index (χ1n) is 7.49. The summed E-state index contributed by atoms with van der Waals surface area (Å²) in [5.74, 6) is -3.47. The van der Waals surface area contributed by atoms with E-state index in [-0.39, 0.29) is 12.8 Å². The maximum absolute atomic E-state index is 12.6. The zero-order valence-corrected chi connectivity index (χ0v) is 13.5. The van der Waals surface area contributed by atoms with E-state index >= 15 is 0 Å². The number of halogens is 2. The summed E-state index contributed by atoms with van der Waals surface area (Å²) in [6.07, 6.45) is -3.09. The average Bonchev–Trinajstić information content (AvgIpc) is 2.55. The third-order valence-corrected chi connectivity index (χ3v) is 3.21. The van der Waals surface area contributed by atoms with Crippen molar-refractivity contribution in [3.63, 3.8) is 0 Å². The molecule has 0 fully saturated rings. The molecule has 2 rings (SSSR count). The normalized spacial score (nSPS) is 12.5. The molecule has 0 bridgehead atoms. The van der Waals surface area contributed by atoms with Gasteiger partial charge in [-0.15, -0.1) is 0 Å². The average molecular weight is 368 g/mol. The Hall–Kier alpha value is -2.84. The molecule has 26 heavy (non-hydrogen) atoms. The highest BCUT2D eigenvalue weighted by Gasteiger charge is 2.14. The van der Waals surface area contributed by atoms with Crippen molar-refractivity contribution in [1.82, 2.24) is 0 Å². The first kappa shape index (κ1) is 21.2. The molecular formula is C18H18F2O6. The summed E-state index contributed by atoms with van der Waals surface area (Å²) in [7, 11) is 0. The van der Waals surface area contributed by atoms with Crippen LogP contribution < -0.4 is 0 Å². The van der Waals surface area contributed by atoms with Crippen molar-refractivity contribution in [2.75, 3.05) is 0 Å². The molecule has 6 nitrogen and oxygen atoms in total. The number of benzene rings is 2. The minimum Gasteiger partial charge on any atom is -0.479 e. The highest BCUT2D eigenvalue weighted by Crippen LogP contribution is 2.07. The lowest BCUT2D eigenvalue weighted by Crippen LogP contribution is -2.21. The third kappa shape index (κ3) is 7.82. The second-order valence-electron chi connectivity index (χ2n) is 5.38. The number of rotatable bonds is 6. The number of carboxylic acids is 2. The van der Waals surface area contributed by atoms with E-state index < -0.39 is 35.8 Å². The van der Waals surface area contributed by atoms with Crippen molar-refractivity contribution in [3.05, 3.63) is 71.3 Å². The molecule has 0 aliphatic carbocycles. The van der Waals surface area contributed by atoms with Gasteiger partial charge in [0.2, 0.25) is 0 Å². The zero-order chi connectivity index (χ0) is 19.7. The summed E-state index contributed by atoms with van der Waals surface area (Å²) in [4.78, 5) is 20.5. The Kier molecular flexibility index (Phi) is 8.33. The Morgan fingerprint density at radius 3 is 1.38 bits per heavy atom. The van der Waals surface area contributed by atoms with E-state index in [1.54, 1.807) is 12.1 Å². The molecule has 0 aromatic heterocycles. The molecule has 2 atom stereocenters. The van der Waals surface area contributed by atoms with Crippen molar-refractivity contribution < 1.29 is 38.8 Å². The van der Waals surface area contributed by atoms with E-state index in [1.165, 1.54) is 36.4 Å². The molecule has 0 saturated carbocycles. The van der Waals surface area contributed by atoms with Crippen LogP contribution in [-0.2, 0) is 22.4 Å². The van der Waals surface area contributed by atoms with Gasteiger partial charge in [0.1, 0.15) is 11.6 Å². The Balaban J connectivity index is 0.000000260. The zero-order valence-electron chi connectivity index (χ0n) is 13.5. The molecule has 2 unspecified atom stereocenters. The van der Waals surface area contributed by atoms with Crippen molar-refractivity contribution >= 4 is 11.9 Å². The Bertz CT molecular complexity index is 686. The summed E-state index contributed by atoms with van der Waals surface area (Å²) in [6, 6.07) is 11.0. The lowest BCUT2D eigenvalue weighted by molar-refractivity contribution is -0.147. The molecule has 8 heteroatoms. The van der Waals surface area contributed by atoms with Crippen molar-refractivity contribution in [3.8, 4) is 0 Å². The van der Waals surface area contributed by atoms with Crippen LogP contribution in [0.3, 0.4) is 0 Å². The molecule has 0 radical (unpaired) electrons. The molecular weight excluding hydrogens is 350 g/mol. The van der Waals surface area contributed by atoms with E-state index in [0.29, 0.717) is 11.1 Å². The van der Waals surface area contributed by atoms with Gasteiger partial charge in [0.25, 0.3) is 0 Å². The maximum atomic E-state index is 12.6. The second-order valence-corrected chi connectivity index (χ2v) is 5.38. The molecule has 0 spiro atoms. The summed E-state index contributed by atoms with van der Waals surface area (Å²) in [6.45, 7) is 0. The van der Waals surface area contributed by atoms with Crippen LogP contribution >= 0.6 is 0 Å². The van der Waals surface area contributed by atoms with Crippen molar-refractivity contribution in [1.29, 1.82) is 0 Å². The van der Waals surface area contributed by atoms with Crippen LogP contribution in [0.4, 0.5) is 8.78 Å². The number of hydrogen-bond acceptors (Lipinski definition) is 4. The highest BCUT2D eigenvalue weighted by atomic mass is 19.1. The Morgan fingerprint density at radius 2 is 1.12 bits per heavy atom. The predicted octanol–water partition coefficient (Wildman–Crippen LogP) is 1.63. The predicted molar refractivity (Wildman–Crippen MR) is 87.5 cm³/mol. The van der Waals surface area contributed by atoms with Crippen LogP contribution in [0.25, 0.3) is 0 Å². The van der Waals surface area contributed by atoms with Crippen molar-refractivity contribution in [2.24, 2.45) is 0 Å². The topological polar surface area (TPSA) is 115 Å². The third-order valence-electron chi connectivity index (χ3n) is 3.21. The van der Waals surface area contributed by atoms with Gasteiger partial charge in [0.05, 0.1) is 0 Å². The minimum atomic E-state index is -1.47. The molecule has 4 N–H and O–H groups in total. The van der Waals surface area contributed by atoms with Gasteiger partial charge in [0, 0.05) is 12.8 Å². The highest BCUT2D eigenvalue weighted by molar-refractivity contribution is 5.72. The summed E-state index contributed by atoms with van der Waals surface area (Å²) in [5.41, 5.74) is 0.935. The lowest BCUT2D eigenvalue weighted by Gasteiger charge is -2.04. The van der Waals surface area contributed by atoms with Crippen LogP contribution in [0.5, 0.6) is 0 Å². The number of aliphatic carboxylic acids is 2. The molecule has 2 aromatic carbocycles. The van der Waals surface area contributed by atoms with E-state index in [9.17, 15) is 18.4 Å². The minimum absolute atomic E-state index is 0.0763. The Morgan fingerprint density at radius 1 is 0.769 bits per heavy atom. The fourth-order valence-corrected chi connectivity index (χ4v) is 1.95. The summed E-state index contributed by atoms with van der Waals surface area (Å²) in [5, 5.41) is 34.6. The molecule has 0 saturated heterocycles. The van der Waals surface area contributed by atoms with Crippen LogP contribution in [-0.4, -0.2) is 44.6 Å². The second kappa shape index (κ2) is 10.2. The first-order chi connectivity index (χ1) is 12.2. The smallest absolute Gasteiger partial charge is 0.332 e. The van der Waals surface area contributed by atoms with Crippen LogP contribution in [0.15, 0.2) is 48.5 Å². The van der Waals surface area contributed by atoms with Gasteiger partial charge < -0.3 is 20.4 Å².